The third kappa shape index (κ3) is 8.60. The predicted molar refractivity (Wildman–Crippen MR) is 183 cm³/mol. The second-order valence-electron chi connectivity index (χ2n) is 11.1. The minimum absolute atomic E-state index is 0.0271. The lowest BCUT2D eigenvalue weighted by atomic mass is 10.0. The van der Waals surface area contributed by atoms with Crippen molar-refractivity contribution in [3.05, 3.63) is 124 Å². The lowest BCUT2D eigenvalue weighted by molar-refractivity contribution is -0.140. The van der Waals surface area contributed by atoms with E-state index in [0.29, 0.717) is 21.4 Å². The summed E-state index contributed by atoms with van der Waals surface area (Å²) >= 11 is 13.1. The molecule has 0 aliphatic carbocycles. The molecular weight excluding hydrogens is 645 g/mol. The van der Waals surface area contributed by atoms with Gasteiger partial charge in [0, 0.05) is 34.6 Å². The number of nitrogens with zero attached hydrogens (tertiary/aromatic N) is 2. The normalized spacial score (nSPS) is 12.0. The highest BCUT2D eigenvalue weighted by atomic mass is 35.5. The van der Waals surface area contributed by atoms with Crippen molar-refractivity contribution < 1.29 is 22.7 Å². The van der Waals surface area contributed by atoms with E-state index in [1.807, 2.05) is 51.1 Å². The van der Waals surface area contributed by atoms with Gasteiger partial charge in [0.1, 0.15) is 18.3 Å². The Morgan fingerprint density at radius 2 is 1.46 bits per heavy atom. The maximum atomic E-state index is 14.6. The van der Waals surface area contributed by atoms with Crippen molar-refractivity contribution >= 4 is 50.7 Å². The molecule has 0 spiro atoms. The Morgan fingerprint density at radius 3 is 2.02 bits per heavy atom. The fourth-order valence-electron chi connectivity index (χ4n) is 4.90. The van der Waals surface area contributed by atoms with E-state index in [2.05, 4.69) is 5.32 Å². The van der Waals surface area contributed by atoms with Gasteiger partial charge in [-0.2, -0.15) is 0 Å². The molecule has 0 bridgehead atoms. The summed E-state index contributed by atoms with van der Waals surface area (Å²) in [6.07, 6.45) is 0.170. The number of halogens is 2. The summed E-state index contributed by atoms with van der Waals surface area (Å²) in [6.45, 7) is 4.81. The molecule has 46 heavy (non-hydrogen) atoms. The van der Waals surface area contributed by atoms with Gasteiger partial charge in [0.2, 0.25) is 11.8 Å². The van der Waals surface area contributed by atoms with Crippen molar-refractivity contribution in [3.63, 3.8) is 0 Å². The molecule has 0 fully saturated rings. The fourth-order valence-corrected chi connectivity index (χ4v) is 6.83. The molecule has 0 heterocycles. The molecular formula is C35H37Cl2N3O5S. The third-order valence-electron chi connectivity index (χ3n) is 7.34. The maximum absolute atomic E-state index is 14.6. The van der Waals surface area contributed by atoms with Gasteiger partial charge in [-0.3, -0.25) is 13.9 Å². The van der Waals surface area contributed by atoms with E-state index in [-0.39, 0.29) is 29.6 Å². The van der Waals surface area contributed by atoms with Crippen LogP contribution in [0.5, 0.6) is 5.75 Å². The number of sulfonamides is 1. The van der Waals surface area contributed by atoms with Crippen LogP contribution in [0.3, 0.4) is 0 Å². The zero-order valence-corrected chi connectivity index (χ0v) is 28.4. The first kappa shape index (κ1) is 34.8. The average molecular weight is 683 g/mol. The molecule has 4 aromatic rings. The molecule has 0 saturated carbocycles. The van der Waals surface area contributed by atoms with Crippen LogP contribution in [0.4, 0.5) is 5.69 Å². The molecule has 4 aromatic carbocycles. The molecule has 11 heteroatoms. The molecule has 242 valence electrons. The highest BCUT2D eigenvalue weighted by Crippen LogP contribution is 2.29. The number of rotatable bonds is 13. The zero-order valence-electron chi connectivity index (χ0n) is 26.1. The average Bonchev–Trinajstić information content (AvgIpc) is 3.03. The van der Waals surface area contributed by atoms with Crippen molar-refractivity contribution in [2.24, 2.45) is 0 Å². The molecule has 1 unspecified atom stereocenters. The summed E-state index contributed by atoms with van der Waals surface area (Å²) in [6, 6.07) is 25.8. The Balaban J connectivity index is 1.83. The first-order chi connectivity index (χ1) is 21.9. The zero-order chi connectivity index (χ0) is 33.4. The van der Waals surface area contributed by atoms with Crippen LogP contribution >= 0.6 is 23.2 Å². The SMILES string of the molecule is COc1ccc(S(=O)(=O)N(CC(=O)N(Cc2c(Cl)cccc2Cl)C(Cc2ccccc2)C(=O)NC(C)C)c2ccc(C)cc2)cc1. The first-order valence-electron chi connectivity index (χ1n) is 14.7. The van der Waals surface area contributed by atoms with Crippen LogP contribution in [0, 0.1) is 6.92 Å². The summed E-state index contributed by atoms with van der Waals surface area (Å²) in [7, 11) is -2.77. The van der Waals surface area contributed by atoms with Gasteiger partial charge >= 0.3 is 0 Å². The number of aryl methyl sites for hydroxylation is 1. The molecule has 1 N–H and O–H groups in total. The van der Waals surface area contributed by atoms with Gasteiger partial charge in [0.05, 0.1) is 17.7 Å². The largest absolute Gasteiger partial charge is 0.497 e. The number of hydrogen-bond acceptors (Lipinski definition) is 5. The Labute approximate surface area is 280 Å². The summed E-state index contributed by atoms with van der Waals surface area (Å²) in [5.74, 6) is -0.525. The smallest absolute Gasteiger partial charge is 0.264 e. The number of anilines is 1. The van der Waals surface area contributed by atoms with E-state index in [1.165, 1.54) is 24.1 Å². The lowest BCUT2D eigenvalue weighted by Gasteiger charge is -2.34. The predicted octanol–water partition coefficient (Wildman–Crippen LogP) is 6.67. The van der Waals surface area contributed by atoms with Crippen LogP contribution in [0.15, 0.2) is 102 Å². The maximum Gasteiger partial charge on any atom is 0.264 e. The molecule has 0 radical (unpaired) electrons. The fraction of sp³-hybridized carbons (Fsp3) is 0.257. The number of ether oxygens (including phenoxy) is 1. The summed E-state index contributed by atoms with van der Waals surface area (Å²) < 4.78 is 34.6. The molecule has 1 atom stereocenters. The monoisotopic (exact) mass is 681 g/mol. The van der Waals surface area contributed by atoms with Crippen molar-refractivity contribution in [2.45, 2.75) is 50.7 Å². The van der Waals surface area contributed by atoms with E-state index >= 15 is 0 Å². The number of carbonyl (C=O) groups is 2. The number of benzene rings is 4. The van der Waals surface area contributed by atoms with E-state index in [9.17, 15) is 18.0 Å². The number of nitrogens with one attached hydrogen (secondary N) is 1. The van der Waals surface area contributed by atoms with Crippen molar-refractivity contribution in [1.29, 1.82) is 0 Å². The van der Waals surface area contributed by atoms with Gasteiger partial charge in [0.25, 0.3) is 10.0 Å². The van der Waals surface area contributed by atoms with E-state index in [4.69, 9.17) is 27.9 Å². The highest BCUT2D eigenvalue weighted by Gasteiger charge is 2.35. The van der Waals surface area contributed by atoms with Gasteiger partial charge in [-0.05, 0) is 74.9 Å². The molecule has 0 aromatic heterocycles. The molecule has 4 rings (SSSR count). The van der Waals surface area contributed by atoms with E-state index in [0.717, 1.165) is 15.4 Å². The highest BCUT2D eigenvalue weighted by molar-refractivity contribution is 7.92. The molecule has 0 aliphatic rings. The van der Waals surface area contributed by atoms with Crippen molar-refractivity contribution in [1.82, 2.24) is 10.2 Å². The standard InChI is InChI=1S/C35H37Cl2N3O5S/c1-24(2)38-35(42)33(21-26-9-6-5-7-10-26)39(22-30-31(36)11-8-12-32(30)37)34(41)23-40(27-15-13-25(3)14-16-27)46(43,44)29-19-17-28(45-4)18-20-29/h5-20,24,33H,21-23H2,1-4H3,(H,38,42). The van der Waals surface area contributed by atoms with Gasteiger partial charge < -0.3 is 15.0 Å². The second kappa shape index (κ2) is 15.5. The van der Waals surface area contributed by atoms with Gasteiger partial charge in [-0.25, -0.2) is 8.42 Å². The van der Waals surface area contributed by atoms with Crippen LogP contribution in [0.25, 0.3) is 0 Å². The van der Waals surface area contributed by atoms with Gasteiger partial charge in [0.15, 0.2) is 0 Å². The van der Waals surface area contributed by atoms with Crippen LogP contribution in [0.2, 0.25) is 10.0 Å². The molecule has 0 saturated heterocycles. The minimum Gasteiger partial charge on any atom is -0.497 e. The summed E-state index contributed by atoms with van der Waals surface area (Å²) in [4.78, 5) is 29.7. The number of amides is 2. The summed E-state index contributed by atoms with van der Waals surface area (Å²) in [5, 5.41) is 3.56. The van der Waals surface area contributed by atoms with Crippen LogP contribution in [-0.2, 0) is 32.6 Å². The van der Waals surface area contributed by atoms with Gasteiger partial charge in [-0.15, -0.1) is 0 Å². The van der Waals surface area contributed by atoms with Crippen LogP contribution in [-0.4, -0.2) is 50.9 Å². The van der Waals surface area contributed by atoms with Crippen LogP contribution < -0.4 is 14.4 Å². The Kier molecular flexibility index (Phi) is 11.7. The van der Waals surface area contributed by atoms with Crippen molar-refractivity contribution in [2.75, 3.05) is 18.0 Å². The Morgan fingerprint density at radius 1 is 0.848 bits per heavy atom. The summed E-state index contributed by atoms with van der Waals surface area (Å²) in [5.41, 5.74) is 2.46. The number of carbonyl (C=O) groups excluding carboxylic acids is 2. The third-order valence-corrected chi connectivity index (χ3v) is 9.84. The topological polar surface area (TPSA) is 96.0 Å². The number of hydrogen-bond donors (Lipinski definition) is 1. The molecule has 8 nitrogen and oxygen atoms in total. The Bertz CT molecular complexity index is 1730. The minimum atomic E-state index is -4.26. The quantitative estimate of drug-likeness (QED) is 0.170. The van der Waals surface area contributed by atoms with Crippen LogP contribution in [0.1, 0.15) is 30.5 Å². The van der Waals surface area contributed by atoms with Crippen molar-refractivity contribution in [3.8, 4) is 5.75 Å². The molecule has 2 amide bonds. The lowest BCUT2D eigenvalue weighted by Crippen LogP contribution is -2.54. The van der Waals surface area contributed by atoms with Gasteiger partial charge in [-0.1, -0.05) is 77.3 Å². The van der Waals surface area contributed by atoms with E-state index in [1.54, 1.807) is 54.6 Å². The Hall–Kier alpha value is -4.05. The second-order valence-corrected chi connectivity index (χ2v) is 13.8. The first-order valence-corrected chi connectivity index (χ1v) is 16.9. The van der Waals surface area contributed by atoms with E-state index < -0.39 is 34.4 Å². The molecule has 0 aliphatic heterocycles. The number of methoxy groups -OCH3 is 1.